The van der Waals surface area contributed by atoms with Gasteiger partial charge in [-0.3, -0.25) is 4.79 Å². The second-order valence-corrected chi connectivity index (χ2v) is 7.95. The summed E-state index contributed by atoms with van der Waals surface area (Å²) in [7, 11) is 0. The van der Waals surface area contributed by atoms with Crippen LogP contribution in [-0.4, -0.2) is 35.0 Å². The standard InChI is InChI=1S/C17H27NO3/c1-16(2,3)21-15(20)18-11-7-4-8-12-13(18)17(14(12)19)9-5-6-10-17/h12-13H,4-11H2,1-3H3. The molecule has 0 aromatic heterocycles. The molecule has 1 heterocycles. The molecule has 0 N–H and O–H groups in total. The molecule has 3 fully saturated rings. The smallest absolute Gasteiger partial charge is 0.410 e. The number of ether oxygens (including phenoxy) is 1. The third-order valence-corrected chi connectivity index (χ3v) is 5.40. The van der Waals surface area contributed by atoms with Crippen LogP contribution in [0, 0.1) is 11.3 Å². The fraction of sp³-hybridized carbons (Fsp3) is 0.882. The molecule has 2 aliphatic carbocycles. The van der Waals surface area contributed by atoms with Crippen LogP contribution in [0.3, 0.4) is 0 Å². The normalized spacial score (nSPS) is 31.6. The van der Waals surface area contributed by atoms with Gasteiger partial charge in [0.25, 0.3) is 0 Å². The lowest BCUT2D eigenvalue weighted by Crippen LogP contribution is -2.68. The number of rotatable bonds is 0. The molecule has 1 amide bonds. The lowest BCUT2D eigenvalue weighted by Gasteiger charge is -2.55. The Morgan fingerprint density at radius 3 is 2.48 bits per heavy atom. The maximum absolute atomic E-state index is 12.6. The van der Waals surface area contributed by atoms with Crippen LogP contribution < -0.4 is 0 Å². The van der Waals surface area contributed by atoms with E-state index < -0.39 is 5.60 Å². The number of Topliss-reactive ketones (excluding diaryl/α,β-unsaturated/α-hetero) is 1. The molecule has 3 aliphatic rings. The summed E-state index contributed by atoms with van der Waals surface area (Å²) in [6.07, 6.45) is 6.92. The van der Waals surface area contributed by atoms with E-state index in [-0.39, 0.29) is 23.5 Å². The molecule has 21 heavy (non-hydrogen) atoms. The average Bonchev–Trinajstić information content (AvgIpc) is 2.80. The minimum absolute atomic E-state index is 0.0677. The van der Waals surface area contributed by atoms with Gasteiger partial charge in [0.05, 0.1) is 11.5 Å². The Balaban J connectivity index is 1.84. The van der Waals surface area contributed by atoms with Crippen LogP contribution in [0.15, 0.2) is 0 Å². The SMILES string of the molecule is CC(C)(C)OC(=O)N1CCCCC2C(=O)C3(CCCC3)C21. The second-order valence-electron chi connectivity index (χ2n) is 7.95. The molecule has 4 heteroatoms. The molecule has 0 aromatic rings. The van der Waals surface area contributed by atoms with E-state index in [0.717, 1.165) is 51.5 Å². The predicted octanol–water partition coefficient (Wildman–Crippen LogP) is 3.54. The maximum Gasteiger partial charge on any atom is 0.410 e. The van der Waals surface area contributed by atoms with Gasteiger partial charge in [0, 0.05) is 12.5 Å². The van der Waals surface area contributed by atoms with Gasteiger partial charge in [0.2, 0.25) is 0 Å². The van der Waals surface area contributed by atoms with Crippen molar-refractivity contribution in [1.82, 2.24) is 4.90 Å². The van der Waals surface area contributed by atoms with Crippen molar-refractivity contribution in [3.63, 3.8) is 0 Å². The number of amides is 1. The van der Waals surface area contributed by atoms with E-state index in [4.69, 9.17) is 4.74 Å². The summed E-state index contributed by atoms with van der Waals surface area (Å²) < 4.78 is 5.60. The number of ketones is 1. The topological polar surface area (TPSA) is 46.6 Å². The number of carbonyl (C=O) groups excluding carboxylic acids is 2. The van der Waals surface area contributed by atoms with E-state index in [1.165, 1.54) is 0 Å². The molecular formula is C17H27NO3. The summed E-state index contributed by atoms with van der Waals surface area (Å²) in [6.45, 7) is 6.44. The summed E-state index contributed by atoms with van der Waals surface area (Å²) in [4.78, 5) is 27.1. The zero-order valence-corrected chi connectivity index (χ0v) is 13.5. The minimum atomic E-state index is -0.477. The molecule has 2 unspecified atom stereocenters. The Morgan fingerprint density at radius 1 is 1.19 bits per heavy atom. The van der Waals surface area contributed by atoms with Crippen LogP contribution in [0.1, 0.15) is 65.7 Å². The van der Waals surface area contributed by atoms with Crippen LogP contribution in [0.2, 0.25) is 0 Å². The molecule has 0 bridgehead atoms. The fourth-order valence-corrected chi connectivity index (χ4v) is 4.61. The summed E-state index contributed by atoms with van der Waals surface area (Å²) in [5.41, 5.74) is -0.707. The van der Waals surface area contributed by atoms with Gasteiger partial charge in [0.15, 0.2) is 0 Å². The molecule has 118 valence electrons. The Hall–Kier alpha value is -1.06. The molecule has 4 nitrogen and oxygen atoms in total. The molecule has 0 radical (unpaired) electrons. The van der Waals surface area contributed by atoms with Gasteiger partial charge in [-0.05, 0) is 46.5 Å². The molecule has 3 rings (SSSR count). The Morgan fingerprint density at radius 2 is 1.86 bits per heavy atom. The number of hydrogen-bond donors (Lipinski definition) is 0. The quantitative estimate of drug-likeness (QED) is 0.686. The largest absolute Gasteiger partial charge is 0.444 e. The molecule has 1 saturated heterocycles. The van der Waals surface area contributed by atoms with Crippen molar-refractivity contribution >= 4 is 11.9 Å². The molecule has 2 atom stereocenters. The van der Waals surface area contributed by atoms with Crippen LogP contribution in [0.5, 0.6) is 0 Å². The van der Waals surface area contributed by atoms with Gasteiger partial charge >= 0.3 is 6.09 Å². The molecular weight excluding hydrogens is 266 g/mol. The molecule has 1 spiro atoms. The molecule has 2 saturated carbocycles. The highest BCUT2D eigenvalue weighted by atomic mass is 16.6. The number of fused-ring (bicyclic) bond motifs is 2. The van der Waals surface area contributed by atoms with Gasteiger partial charge in [-0.2, -0.15) is 0 Å². The van der Waals surface area contributed by atoms with E-state index in [0.29, 0.717) is 5.78 Å². The first-order valence-electron chi connectivity index (χ1n) is 8.39. The van der Waals surface area contributed by atoms with Crippen LogP contribution >= 0.6 is 0 Å². The van der Waals surface area contributed by atoms with Crippen molar-refractivity contribution in [2.75, 3.05) is 6.54 Å². The first-order valence-corrected chi connectivity index (χ1v) is 8.39. The minimum Gasteiger partial charge on any atom is -0.444 e. The first kappa shape index (κ1) is 14.9. The highest BCUT2D eigenvalue weighted by Gasteiger charge is 2.65. The van der Waals surface area contributed by atoms with Gasteiger partial charge in [-0.15, -0.1) is 0 Å². The first-order chi connectivity index (χ1) is 9.85. The Bertz CT molecular complexity index is 445. The third-order valence-electron chi connectivity index (χ3n) is 5.40. The zero-order chi connectivity index (χ0) is 15.3. The average molecular weight is 293 g/mol. The van der Waals surface area contributed by atoms with Crippen molar-refractivity contribution in [3.8, 4) is 0 Å². The Kier molecular flexibility index (Phi) is 3.53. The van der Waals surface area contributed by atoms with E-state index >= 15 is 0 Å². The van der Waals surface area contributed by atoms with Crippen molar-refractivity contribution in [1.29, 1.82) is 0 Å². The highest BCUT2D eigenvalue weighted by molar-refractivity contribution is 5.96. The van der Waals surface area contributed by atoms with Crippen molar-refractivity contribution in [2.24, 2.45) is 11.3 Å². The predicted molar refractivity (Wildman–Crippen MR) is 80.0 cm³/mol. The third kappa shape index (κ3) is 2.36. The van der Waals surface area contributed by atoms with Crippen molar-refractivity contribution in [3.05, 3.63) is 0 Å². The lowest BCUT2D eigenvalue weighted by molar-refractivity contribution is -0.158. The highest BCUT2D eigenvalue weighted by Crippen LogP contribution is 2.57. The van der Waals surface area contributed by atoms with Gasteiger partial charge in [-0.1, -0.05) is 19.3 Å². The van der Waals surface area contributed by atoms with Crippen molar-refractivity contribution < 1.29 is 14.3 Å². The maximum atomic E-state index is 12.6. The van der Waals surface area contributed by atoms with Crippen molar-refractivity contribution in [2.45, 2.75) is 77.4 Å². The van der Waals surface area contributed by atoms with E-state index in [1.54, 1.807) is 0 Å². The fourth-order valence-electron chi connectivity index (χ4n) is 4.61. The lowest BCUT2D eigenvalue weighted by atomic mass is 9.54. The summed E-state index contributed by atoms with van der Waals surface area (Å²) in [6, 6.07) is 0.102. The van der Waals surface area contributed by atoms with E-state index in [2.05, 4.69) is 0 Å². The summed E-state index contributed by atoms with van der Waals surface area (Å²) >= 11 is 0. The van der Waals surface area contributed by atoms with Crippen LogP contribution in [0.25, 0.3) is 0 Å². The number of likely N-dealkylation sites (tertiary alicyclic amines) is 1. The van der Waals surface area contributed by atoms with Crippen LogP contribution in [-0.2, 0) is 9.53 Å². The summed E-state index contributed by atoms with van der Waals surface area (Å²) in [5, 5.41) is 0. The number of carbonyl (C=O) groups is 2. The number of nitrogens with zero attached hydrogens (tertiary/aromatic N) is 1. The van der Waals surface area contributed by atoms with Gasteiger partial charge in [-0.25, -0.2) is 4.79 Å². The van der Waals surface area contributed by atoms with E-state index in [9.17, 15) is 9.59 Å². The second kappa shape index (κ2) is 4.99. The monoisotopic (exact) mass is 293 g/mol. The zero-order valence-electron chi connectivity index (χ0n) is 13.5. The van der Waals surface area contributed by atoms with Crippen LogP contribution in [0.4, 0.5) is 4.79 Å². The molecule has 0 aromatic carbocycles. The van der Waals surface area contributed by atoms with Gasteiger partial charge in [0.1, 0.15) is 11.4 Å². The summed E-state index contributed by atoms with van der Waals surface area (Å²) in [5.74, 6) is 0.499. The number of hydrogen-bond acceptors (Lipinski definition) is 3. The molecule has 1 aliphatic heterocycles. The van der Waals surface area contributed by atoms with E-state index in [1.807, 2.05) is 25.7 Å². The Labute approximate surface area is 127 Å². The van der Waals surface area contributed by atoms with Gasteiger partial charge < -0.3 is 9.64 Å².